The summed E-state index contributed by atoms with van der Waals surface area (Å²) in [7, 11) is 0. The minimum atomic E-state index is -1.43. The average molecular weight is 237 g/mol. The van der Waals surface area contributed by atoms with E-state index < -0.39 is 23.7 Å². The predicted octanol–water partition coefficient (Wildman–Crippen LogP) is 1.40. The first-order valence-electron chi connectivity index (χ1n) is 4.78. The van der Waals surface area contributed by atoms with Crippen molar-refractivity contribution in [1.82, 2.24) is 0 Å². The molecule has 1 atom stereocenters. The molecule has 0 radical (unpaired) electrons. The molecule has 0 saturated heterocycles. The van der Waals surface area contributed by atoms with E-state index in [1.165, 1.54) is 0 Å². The van der Waals surface area contributed by atoms with E-state index in [0.717, 1.165) is 6.08 Å². The van der Waals surface area contributed by atoms with Gasteiger partial charge in [0.05, 0.1) is 4.92 Å². The third-order valence-electron chi connectivity index (χ3n) is 1.79. The molecule has 1 aromatic carbocycles. The molecule has 6 heteroatoms. The molecule has 1 unspecified atom stereocenters. The summed E-state index contributed by atoms with van der Waals surface area (Å²) in [5.41, 5.74) is 0. The number of hydrogen-bond donors (Lipinski definition) is 0. The van der Waals surface area contributed by atoms with Gasteiger partial charge in [0.25, 0.3) is 0 Å². The Hall–Kier alpha value is -2.37. The molecule has 0 N–H and O–H groups in total. The number of esters is 1. The molecule has 0 fully saturated rings. The monoisotopic (exact) mass is 237 g/mol. The van der Waals surface area contributed by atoms with Gasteiger partial charge in [-0.2, -0.15) is 0 Å². The van der Waals surface area contributed by atoms with Crippen molar-refractivity contribution in [3.63, 3.8) is 0 Å². The highest BCUT2D eigenvalue weighted by molar-refractivity contribution is 5.81. The van der Waals surface area contributed by atoms with E-state index in [0.29, 0.717) is 5.75 Å². The van der Waals surface area contributed by atoms with E-state index >= 15 is 0 Å². The number of para-hydroxylation sites is 1. The fraction of sp³-hybridized carbons (Fsp3) is 0.182. The molecule has 90 valence electrons. The van der Waals surface area contributed by atoms with Gasteiger partial charge in [-0.05, 0) is 12.1 Å². The summed E-state index contributed by atoms with van der Waals surface area (Å²) in [6.45, 7) is 2.72. The molecule has 6 nitrogen and oxygen atoms in total. The fourth-order valence-electron chi connectivity index (χ4n) is 1.01. The lowest BCUT2D eigenvalue weighted by Gasteiger charge is -2.11. The first-order valence-corrected chi connectivity index (χ1v) is 4.78. The number of benzene rings is 1. The summed E-state index contributed by atoms with van der Waals surface area (Å²) in [6, 6.07) is 8.27. The van der Waals surface area contributed by atoms with Crippen LogP contribution in [-0.2, 0) is 9.53 Å². The van der Waals surface area contributed by atoms with E-state index in [2.05, 4.69) is 11.3 Å². The number of nitro groups is 1. The van der Waals surface area contributed by atoms with Crippen molar-refractivity contribution in [2.45, 2.75) is 6.23 Å². The van der Waals surface area contributed by atoms with E-state index in [1.807, 2.05) is 0 Å². The van der Waals surface area contributed by atoms with Gasteiger partial charge in [-0.15, -0.1) is 0 Å². The number of carbonyl (C=O) groups is 1. The van der Waals surface area contributed by atoms with Crippen molar-refractivity contribution in [3.05, 3.63) is 53.1 Å². The zero-order valence-corrected chi connectivity index (χ0v) is 8.94. The largest absolute Gasteiger partial charge is 0.451 e. The van der Waals surface area contributed by atoms with Crippen LogP contribution in [0.5, 0.6) is 5.75 Å². The van der Waals surface area contributed by atoms with Gasteiger partial charge in [-0.25, -0.2) is 4.79 Å². The number of ether oxygens (including phenoxy) is 2. The predicted molar refractivity (Wildman–Crippen MR) is 59.0 cm³/mol. The highest BCUT2D eigenvalue weighted by Gasteiger charge is 2.23. The number of rotatable bonds is 6. The standard InChI is InChI=1S/C11H11NO5/c1-2-11(13)16-8-10(12(14)15)17-9-6-4-3-5-7-9/h2-7,10H,1,8H2. The van der Waals surface area contributed by atoms with Gasteiger partial charge in [0.1, 0.15) is 5.75 Å². The summed E-state index contributed by atoms with van der Waals surface area (Å²) in [4.78, 5) is 20.8. The Balaban J connectivity index is 2.58. The van der Waals surface area contributed by atoms with Crippen LogP contribution in [-0.4, -0.2) is 23.7 Å². The lowest BCUT2D eigenvalue weighted by Crippen LogP contribution is -2.32. The Kier molecular flexibility index (Phi) is 4.68. The lowest BCUT2D eigenvalue weighted by atomic mass is 10.3. The second-order valence-electron chi connectivity index (χ2n) is 3.01. The molecule has 17 heavy (non-hydrogen) atoms. The van der Waals surface area contributed by atoms with Crippen molar-refractivity contribution in [2.75, 3.05) is 6.61 Å². The van der Waals surface area contributed by atoms with Crippen LogP contribution < -0.4 is 4.74 Å². The molecule has 0 aliphatic heterocycles. The van der Waals surface area contributed by atoms with Crippen LogP contribution >= 0.6 is 0 Å². The van der Waals surface area contributed by atoms with Crippen LogP contribution in [0.15, 0.2) is 43.0 Å². The Morgan fingerprint density at radius 3 is 2.65 bits per heavy atom. The first kappa shape index (κ1) is 12.7. The van der Waals surface area contributed by atoms with Gasteiger partial charge < -0.3 is 9.47 Å². The number of carbonyl (C=O) groups excluding carboxylic acids is 1. The van der Waals surface area contributed by atoms with Crippen molar-refractivity contribution < 1.29 is 19.2 Å². The number of hydrogen-bond acceptors (Lipinski definition) is 5. The molecule has 0 aromatic heterocycles. The molecule has 0 bridgehead atoms. The molecule has 0 aliphatic rings. The highest BCUT2D eigenvalue weighted by Crippen LogP contribution is 2.11. The smallest absolute Gasteiger partial charge is 0.388 e. The first-order chi connectivity index (χ1) is 8.13. The molecule has 1 rings (SSSR count). The quantitative estimate of drug-likeness (QED) is 0.245. The molecule has 0 amide bonds. The zero-order valence-electron chi connectivity index (χ0n) is 8.94. The minimum absolute atomic E-state index is 0.337. The molecular formula is C11H11NO5. The average Bonchev–Trinajstić information content (AvgIpc) is 2.34. The van der Waals surface area contributed by atoms with Gasteiger partial charge in [0.15, 0.2) is 6.61 Å². The van der Waals surface area contributed by atoms with E-state index in [4.69, 9.17) is 4.74 Å². The molecular weight excluding hydrogens is 226 g/mol. The zero-order chi connectivity index (χ0) is 12.7. The third-order valence-corrected chi connectivity index (χ3v) is 1.79. The molecule has 0 heterocycles. The summed E-state index contributed by atoms with van der Waals surface area (Å²) < 4.78 is 9.62. The Morgan fingerprint density at radius 1 is 1.47 bits per heavy atom. The van der Waals surface area contributed by atoms with E-state index in [-0.39, 0.29) is 0 Å². The van der Waals surface area contributed by atoms with Crippen molar-refractivity contribution in [1.29, 1.82) is 0 Å². The lowest BCUT2D eigenvalue weighted by molar-refractivity contribution is -0.565. The van der Waals surface area contributed by atoms with Gasteiger partial charge in [-0.1, -0.05) is 24.8 Å². The van der Waals surface area contributed by atoms with Crippen LogP contribution in [0, 0.1) is 10.1 Å². The van der Waals surface area contributed by atoms with Gasteiger partial charge in [0, 0.05) is 6.08 Å². The van der Waals surface area contributed by atoms with Crippen LogP contribution in [0.25, 0.3) is 0 Å². The maximum absolute atomic E-state index is 10.8. The van der Waals surface area contributed by atoms with Crippen LogP contribution in [0.2, 0.25) is 0 Å². The van der Waals surface area contributed by atoms with Crippen molar-refractivity contribution >= 4 is 5.97 Å². The topological polar surface area (TPSA) is 78.7 Å². The Labute approximate surface area is 97.6 Å². The molecule has 0 spiro atoms. The van der Waals surface area contributed by atoms with Crippen LogP contribution in [0.4, 0.5) is 0 Å². The SMILES string of the molecule is C=CC(=O)OCC(Oc1ccccc1)[N+](=O)[O-]. The Morgan fingerprint density at radius 2 is 2.12 bits per heavy atom. The highest BCUT2D eigenvalue weighted by atomic mass is 16.7. The van der Waals surface area contributed by atoms with E-state index in [1.54, 1.807) is 30.3 Å². The number of nitrogens with zero attached hydrogens (tertiary/aromatic N) is 1. The maximum Gasteiger partial charge on any atom is 0.388 e. The van der Waals surface area contributed by atoms with Gasteiger partial charge >= 0.3 is 12.2 Å². The molecule has 0 aliphatic carbocycles. The summed E-state index contributed by atoms with van der Waals surface area (Å²) in [5, 5.41) is 10.7. The summed E-state index contributed by atoms with van der Waals surface area (Å²) >= 11 is 0. The summed E-state index contributed by atoms with van der Waals surface area (Å²) in [6.07, 6.45) is -0.499. The normalized spacial score (nSPS) is 11.3. The third kappa shape index (κ3) is 4.33. The fourth-order valence-corrected chi connectivity index (χ4v) is 1.01. The second-order valence-corrected chi connectivity index (χ2v) is 3.01. The minimum Gasteiger partial charge on any atom is -0.451 e. The summed E-state index contributed by atoms with van der Waals surface area (Å²) in [5.74, 6) is -0.391. The van der Waals surface area contributed by atoms with Crippen molar-refractivity contribution in [3.8, 4) is 5.75 Å². The van der Waals surface area contributed by atoms with Crippen LogP contribution in [0.1, 0.15) is 0 Å². The van der Waals surface area contributed by atoms with Crippen molar-refractivity contribution in [2.24, 2.45) is 0 Å². The van der Waals surface area contributed by atoms with Gasteiger partial charge in [-0.3, -0.25) is 10.1 Å². The maximum atomic E-state index is 10.8. The Bertz CT molecular complexity index is 404. The van der Waals surface area contributed by atoms with E-state index in [9.17, 15) is 14.9 Å². The molecule has 0 saturated carbocycles. The van der Waals surface area contributed by atoms with Gasteiger partial charge in [0.2, 0.25) is 0 Å². The molecule has 1 aromatic rings. The second kappa shape index (κ2) is 6.26. The van der Waals surface area contributed by atoms with Crippen LogP contribution in [0.3, 0.4) is 0 Å².